The van der Waals surface area contributed by atoms with Gasteiger partial charge in [-0.1, -0.05) is 18.2 Å². The Morgan fingerprint density at radius 3 is 2.50 bits per heavy atom. The maximum atomic E-state index is 10.5. The van der Waals surface area contributed by atoms with Crippen molar-refractivity contribution in [3.05, 3.63) is 34.9 Å². The van der Waals surface area contributed by atoms with Crippen molar-refractivity contribution >= 4 is 5.91 Å². The molecule has 0 atom stereocenters. The number of aryl methyl sites for hydroxylation is 2. The van der Waals surface area contributed by atoms with Crippen LogP contribution in [-0.4, -0.2) is 5.91 Å². The molecule has 1 N–H and O–H groups in total. The van der Waals surface area contributed by atoms with Gasteiger partial charge in [-0.05, 0) is 30.5 Å². The molecule has 63 valence electrons. The third-order valence-corrected chi connectivity index (χ3v) is 1.94. The summed E-state index contributed by atoms with van der Waals surface area (Å²) >= 11 is 0. The molecule has 12 heavy (non-hydrogen) atoms. The smallest absolute Gasteiger partial charge is 0.242 e. The van der Waals surface area contributed by atoms with Crippen LogP contribution in [0, 0.1) is 13.8 Å². The fourth-order valence-corrected chi connectivity index (χ4v) is 1.10. The van der Waals surface area contributed by atoms with E-state index in [1.54, 1.807) is 0 Å². The van der Waals surface area contributed by atoms with Crippen molar-refractivity contribution in [3.63, 3.8) is 0 Å². The average Bonchev–Trinajstić information content (AvgIpc) is 1.96. The van der Waals surface area contributed by atoms with Gasteiger partial charge in [0, 0.05) is 0 Å². The van der Waals surface area contributed by atoms with Crippen molar-refractivity contribution in [2.45, 2.75) is 20.3 Å². The molecule has 0 saturated heterocycles. The quantitative estimate of drug-likeness (QED) is 0.652. The Hall–Kier alpha value is -1.31. The van der Waals surface area contributed by atoms with E-state index in [-0.39, 0.29) is 6.42 Å². The molecule has 1 radical (unpaired) electrons. The van der Waals surface area contributed by atoms with E-state index in [4.69, 9.17) is 5.73 Å². The van der Waals surface area contributed by atoms with Crippen molar-refractivity contribution in [1.29, 1.82) is 0 Å². The zero-order valence-corrected chi connectivity index (χ0v) is 7.35. The Bertz CT molecular complexity index is 305. The summed E-state index contributed by atoms with van der Waals surface area (Å²) in [5, 5.41) is 0. The number of carbonyl (C=O) groups excluding carboxylic acids is 1. The van der Waals surface area contributed by atoms with Gasteiger partial charge in [0.25, 0.3) is 0 Å². The SMILES string of the molecule is Cc1ccc(CC([NH])=O)cc1C. The monoisotopic (exact) mass is 162 g/mol. The fraction of sp³-hybridized carbons (Fsp3) is 0.300. The minimum Gasteiger partial charge on any atom is -0.273 e. The number of nitrogens with one attached hydrogen (secondary N) is 1. The summed E-state index contributed by atoms with van der Waals surface area (Å²) in [5.41, 5.74) is 10.1. The molecule has 1 aromatic rings. The van der Waals surface area contributed by atoms with Crippen LogP contribution in [0.1, 0.15) is 16.7 Å². The van der Waals surface area contributed by atoms with Crippen LogP contribution in [0.25, 0.3) is 0 Å². The molecule has 0 saturated carbocycles. The van der Waals surface area contributed by atoms with Gasteiger partial charge in [0.15, 0.2) is 0 Å². The summed E-state index contributed by atoms with van der Waals surface area (Å²) in [5.74, 6) is -0.529. The fourth-order valence-electron chi connectivity index (χ4n) is 1.10. The van der Waals surface area contributed by atoms with E-state index in [0.717, 1.165) is 5.56 Å². The highest BCUT2D eigenvalue weighted by molar-refractivity contribution is 5.75. The van der Waals surface area contributed by atoms with Crippen molar-refractivity contribution < 1.29 is 4.79 Å². The molecule has 0 aliphatic carbocycles. The van der Waals surface area contributed by atoms with E-state index in [0.29, 0.717) is 0 Å². The van der Waals surface area contributed by atoms with Gasteiger partial charge in [-0.3, -0.25) is 10.5 Å². The maximum absolute atomic E-state index is 10.5. The van der Waals surface area contributed by atoms with Gasteiger partial charge in [0.05, 0.1) is 6.42 Å². The minimum absolute atomic E-state index is 0.223. The van der Waals surface area contributed by atoms with Crippen LogP contribution in [0.4, 0.5) is 0 Å². The first-order valence-corrected chi connectivity index (χ1v) is 3.90. The molecular weight excluding hydrogens is 150 g/mol. The predicted octanol–water partition coefficient (Wildman–Crippen LogP) is 1.66. The second-order valence-electron chi connectivity index (χ2n) is 3.02. The highest BCUT2D eigenvalue weighted by atomic mass is 16.1. The molecule has 0 aliphatic rings. The summed E-state index contributed by atoms with van der Waals surface area (Å²) in [6.07, 6.45) is 0.223. The van der Waals surface area contributed by atoms with Crippen LogP contribution in [-0.2, 0) is 11.2 Å². The lowest BCUT2D eigenvalue weighted by Crippen LogP contribution is -2.02. The van der Waals surface area contributed by atoms with Gasteiger partial charge in [-0.25, -0.2) is 0 Å². The molecule has 0 aromatic heterocycles. The number of carbonyl (C=O) groups is 1. The summed E-state index contributed by atoms with van der Waals surface area (Å²) in [6, 6.07) is 5.84. The molecule has 0 unspecified atom stereocenters. The van der Waals surface area contributed by atoms with Gasteiger partial charge in [-0.2, -0.15) is 0 Å². The molecule has 0 heterocycles. The van der Waals surface area contributed by atoms with E-state index in [2.05, 4.69) is 0 Å². The number of benzene rings is 1. The zero-order valence-electron chi connectivity index (χ0n) is 7.35. The standard InChI is InChI=1S/C10H12NO/c1-7-3-4-9(5-8(7)2)6-10(11)12/h3-5,11H,6H2,1-2H3. The molecule has 1 amide bonds. The minimum atomic E-state index is -0.529. The van der Waals surface area contributed by atoms with Crippen molar-refractivity contribution in [2.75, 3.05) is 0 Å². The Balaban J connectivity index is 2.89. The number of amides is 1. The summed E-state index contributed by atoms with van der Waals surface area (Å²) in [4.78, 5) is 10.5. The normalized spacial score (nSPS) is 9.83. The molecule has 0 bridgehead atoms. The van der Waals surface area contributed by atoms with Crippen LogP contribution in [0.15, 0.2) is 18.2 Å². The number of rotatable bonds is 2. The molecule has 1 aromatic carbocycles. The van der Waals surface area contributed by atoms with E-state index in [9.17, 15) is 4.79 Å². The largest absolute Gasteiger partial charge is 0.273 e. The summed E-state index contributed by atoms with van der Waals surface area (Å²) in [7, 11) is 0. The molecule has 1 rings (SSSR count). The Labute approximate surface area is 72.4 Å². The first kappa shape index (κ1) is 8.78. The zero-order chi connectivity index (χ0) is 9.14. The molecule has 2 heteroatoms. The average molecular weight is 162 g/mol. The number of hydrogen-bond acceptors (Lipinski definition) is 1. The van der Waals surface area contributed by atoms with Gasteiger partial charge < -0.3 is 0 Å². The third kappa shape index (κ3) is 2.09. The first-order valence-electron chi connectivity index (χ1n) is 3.90. The Kier molecular flexibility index (Phi) is 2.48. The van der Waals surface area contributed by atoms with E-state index < -0.39 is 5.91 Å². The van der Waals surface area contributed by atoms with Crippen LogP contribution in [0.3, 0.4) is 0 Å². The summed E-state index contributed by atoms with van der Waals surface area (Å²) < 4.78 is 0. The Morgan fingerprint density at radius 2 is 2.00 bits per heavy atom. The first-order chi connectivity index (χ1) is 5.59. The molecular formula is C10H12NO. The van der Waals surface area contributed by atoms with Gasteiger partial charge >= 0.3 is 0 Å². The summed E-state index contributed by atoms with van der Waals surface area (Å²) in [6.45, 7) is 4.04. The highest BCUT2D eigenvalue weighted by Gasteiger charge is 1.99. The van der Waals surface area contributed by atoms with Gasteiger partial charge in [0.1, 0.15) is 0 Å². The second kappa shape index (κ2) is 3.39. The van der Waals surface area contributed by atoms with E-state index >= 15 is 0 Å². The van der Waals surface area contributed by atoms with Crippen molar-refractivity contribution in [3.8, 4) is 0 Å². The lowest BCUT2D eigenvalue weighted by Gasteiger charge is -2.02. The third-order valence-electron chi connectivity index (χ3n) is 1.94. The van der Waals surface area contributed by atoms with Crippen LogP contribution >= 0.6 is 0 Å². The van der Waals surface area contributed by atoms with Crippen LogP contribution in [0.5, 0.6) is 0 Å². The van der Waals surface area contributed by atoms with Gasteiger partial charge in [0.2, 0.25) is 5.91 Å². The van der Waals surface area contributed by atoms with Crippen molar-refractivity contribution in [1.82, 2.24) is 5.73 Å². The van der Waals surface area contributed by atoms with Gasteiger partial charge in [-0.15, -0.1) is 0 Å². The van der Waals surface area contributed by atoms with Crippen molar-refractivity contribution in [2.24, 2.45) is 0 Å². The maximum Gasteiger partial charge on any atom is 0.242 e. The van der Waals surface area contributed by atoms with Crippen LogP contribution < -0.4 is 5.73 Å². The lowest BCUT2D eigenvalue weighted by atomic mass is 10.0. The second-order valence-corrected chi connectivity index (χ2v) is 3.02. The molecule has 0 spiro atoms. The predicted molar refractivity (Wildman–Crippen MR) is 47.7 cm³/mol. The lowest BCUT2D eigenvalue weighted by molar-refractivity contribution is -0.118. The van der Waals surface area contributed by atoms with Crippen LogP contribution in [0.2, 0.25) is 0 Å². The highest BCUT2D eigenvalue weighted by Crippen LogP contribution is 2.09. The number of hydrogen-bond donors (Lipinski definition) is 0. The Morgan fingerprint density at radius 1 is 1.33 bits per heavy atom. The van der Waals surface area contributed by atoms with E-state index in [1.165, 1.54) is 11.1 Å². The molecule has 0 fully saturated rings. The molecule has 0 aliphatic heterocycles. The van der Waals surface area contributed by atoms with E-state index in [1.807, 2.05) is 32.0 Å². The topological polar surface area (TPSA) is 40.9 Å². The molecule has 2 nitrogen and oxygen atoms in total.